The Kier molecular flexibility index (Phi) is 5.32. The number of hydrogen-bond acceptors (Lipinski definition) is 5. The first-order valence-corrected chi connectivity index (χ1v) is 10.2. The van der Waals surface area contributed by atoms with Gasteiger partial charge in [0.15, 0.2) is 9.84 Å². The van der Waals surface area contributed by atoms with Crippen LogP contribution in [0.1, 0.15) is 11.1 Å². The van der Waals surface area contributed by atoms with Gasteiger partial charge in [-0.25, -0.2) is 8.42 Å². The second kappa shape index (κ2) is 7.69. The first-order valence-electron chi connectivity index (χ1n) is 8.26. The van der Waals surface area contributed by atoms with E-state index < -0.39 is 21.0 Å². The summed E-state index contributed by atoms with van der Waals surface area (Å²) in [6.07, 6.45) is 4.15. The highest BCUT2D eigenvalue weighted by Gasteiger charge is 2.05. The second-order valence-corrected chi connectivity index (χ2v) is 8.15. The molecule has 1 heterocycles. The Morgan fingerprint density at radius 2 is 1.21 bits per heavy atom. The van der Waals surface area contributed by atoms with Crippen molar-refractivity contribution in [3.8, 4) is 5.75 Å². The molecule has 7 nitrogen and oxygen atoms in total. The molecule has 8 heteroatoms. The highest BCUT2D eigenvalue weighted by atomic mass is 32.2. The van der Waals surface area contributed by atoms with Gasteiger partial charge >= 0.3 is 0 Å². The minimum absolute atomic E-state index is 0.0731. The fraction of sp³-hybridized carbons (Fsp3) is 0.100. The van der Waals surface area contributed by atoms with E-state index in [-0.39, 0.29) is 15.6 Å². The molecule has 0 spiro atoms. The molecule has 28 heavy (non-hydrogen) atoms. The summed E-state index contributed by atoms with van der Waals surface area (Å²) in [7, 11) is -1.74. The predicted molar refractivity (Wildman–Crippen MR) is 107 cm³/mol. The zero-order chi connectivity index (χ0) is 20.3. The molecule has 0 saturated heterocycles. The van der Waals surface area contributed by atoms with Crippen LogP contribution in [0.5, 0.6) is 5.75 Å². The van der Waals surface area contributed by atoms with Crippen molar-refractivity contribution in [3.05, 3.63) is 91.1 Å². The average Bonchev–Trinajstić information content (AvgIpc) is 2.66. The van der Waals surface area contributed by atoms with Crippen molar-refractivity contribution in [1.82, 2.24) is 9.97 Å². The summed E-state index contributed by atoms with van der Waals surface area (Å²) in [4.78, 5) is 29.9. The van der Waals surface area contributed by atoms with Crippen LogP contribution in [0.2, 0.25) is 0 Å². The maximum absolute atomic E-state index is 12.3. The number of H-pyrrole nitrogens is 2. The van der Waals surface area contributed by atoms with Gasteiger partial charge in [-0.3, -0.25) is 9.59 Å². The quantitative estimate of drug-likeness (QED) is 0.650. The minimum Gasteiger partial charge on any atom is -0.497 e. The van der Waals surface area contributed by atoms with Crippen LogP contribution in [-0.2, 0) is 9.84 Å². The first kappa shape index (κ1) is 19.4. The number of benzene rings is 2. The van der Waals surface area contributed by atoms with Crippen LogP contribution in [0.3, 0.4) is 0 Å². The molecule has 0 bridgehead atoms. The lowest BCUT2D eigenvalue weighted by Gasteiger charge is -1.99. The normalized spacial score (nSPS) is 12.9. The van der Waals surface area contributed by atoms with Gasteiger partial charge in [0.2, 0.25) is 0 Å². The van der Waals surface area contributed by atoms with Gasteiger partial charge < -0.3 is 14.7 Å². The lowest BCUT2D eigenvalue weighted by molar-refractivity contribution is 0.415. The summed E-state index contributed by atoms with van der Waals surface area (Å²) in [6.45, 7) is 0. The SMILES string of the molecule is COc1ccc(C=c2[nH]c(=O)c(=Cc3ccc(S(C)(=O)=O)cc3)[nH]c2=O)cc1. The van der Waals surface area contributed by atoms with E-state index >= 15 is 0 Å². The molecule has 0 radical (unpaired) electrons. The van der Waals surface area contributed by atoms with Gasteiger partial charge in [0, 0.05) is 6.26 Å². The standard InChI is InChI=1S/C20H18N2O5S/c1-27-15-7-3-13(4-8-15)11-17-19(23)22-18(20(24)21-17)12-14-5-9-16(10-6-14)28(2,25)26/h3-12H,1-2H3,(H,21,24)(H,22,23). The maximum atomic E-state index is 12.3. The molecule has 0 aliphatic rings. The van der Waals surface area contributed by atoms with E-state index in [0.717, 1.165) is 11.8 Å². The molecule has 0 amide bonds. The van der Waals surface area contributed by atoms with Crippen LogP contribution in [0, 0.1) is 0 Å². The zero-order valence-corrected chi connectivity index (χ0v) is 16.0. The minimum atomic E-state index is -3.30. The van der Waals surface area contributed by atoms with Crippen LogP contribution in [0.15, 0.2) is 63.0 Å². The van der Waals surface area contributed by atoms with Gasteiger partial charge in [-0.05, 0) is 47.5 Å². The van der Waals surface area contributed by atoms with Gasteiger partial charge in [-0.1, -0.05) is 24.3 Å². The van der Waals surface area contributed by atoms with Gasteiger partial charge in [0.1, 0.15) is 16.4 Å². The third kappa shape index (κ3) is 4.47. The average molecular weight is 398 g/mol. The molecular formula is C20H18N2O5S. The molecule has 0 atom stereocenters. The Morgan fingerprint density at radius 1 is 0.786 bits per heavy atom. The molecule has 0 aliphatic heterocycles. The fourth-order valence-corrected chi connectivity index (χ4v) is 3.17. The Hall–Kier alpha value is -3.39. The smallest absolute Gasteiger partial charge is 0.272 e. The third-order valence-electron chi connectivity index (χ3n) is 4.03. The van der Waals surface area contributed by atoms with E-state index in [2.05, 4.69) is 9.97 Å². The molecule has 3 aromatic rings. The maximum Gasteiger partial charge on any atom is 0.272 e. The number of aromatic amines is 2. The molecule has 0 aliphatic carbocycles. The lowest BCUT2D eigenvalue weighted by Crippen LogP contribution is -2.46. The van der Waals surface area contributed by atoms with Crippen molar-refractivity contribution >= 4 is 22.0 Å². The number of rotatable bonds is 4. The first-order chi connectivity index (χ1) is 13.3. The van der Waals surface area contributed by atoms with Crippen molar-refractivity contribution in [2.24, 2.45) is 0 Å². The molecule has 1 aromatic heterocycles. The highest BCUT2D eigenvalue weighted by molar-refractivity contribution is 7.90. The monoisotopic (exact) mass is 398 g/mol. The van der Waals surface area contributed by atoms with Crippen molar-refractivity contribution in [1.29, 1.82) is 0 Å². The van der Waals surface area contributed by atoms with Gasteiger partial charge in [0.25, 0.3) is 11.1 Å². The van der Waals surface area contributed by atoms with Crippen molar-refractivity contribution in [2.75, 3.05) is 13.4 Å². The Bertz CT molecular complexity index is 1330. The molecule has 0 fully saturated rings. The lowest BCUT2D eigenvalue weighted by atomic mass is 10.2. The molecule has 0 saturated carbocycles. The molecule has 0 unspecified atom stereocenters. The van der Waals surface area contributed by atoms with Crippen LogP contribution >= 0.6 is 0 Å². The largest absolute Gasteiger partial charge is 0.497 e. The van der Waals surface area contributed by atoms with E-state index in [1.807, 2.05) is 0 Å². The molecular weight excluding hydrogens is 380 g/mol. The molecule has 144 valence electrons. The Labute approximate surface area is 160 Å². The third-order valence-corrected chi connectivity index (χ3v) is 5.16. The van der Waals surface area contributed by atoms with Crippen LogP contribution < -0.4 is 26.6 Å². The molecule has 3 rings (SSSR count). The number of sulfone groups is 1. The van der Waals surface area contributed by atoms with Crippen LogP contribution in [0.4, 0.5) is 0 Å². The summed E-state index contributed by atoms with van der Waals surface area (Å²) in [5.74, 6) is 0.686. The van der Waals surface area contributed by atoms with Gasteiger partial charge in [-0.15, -0.1) is 0 Å². The number of hydrogen-bond donors (Lipinski definition) is 2. The number of aromatic nitrogens is 2. The van der Waals surface area contributed by atoms with Crippen molar-refractivity contribution in [3.63, 3.8) is 0 Å². The number of ether oxygens (including phenoxy) is 1. The van der Waals surface area contributed by atoms with Gasteiger partial charge in [0.05, 0.1) is 12.0 Å². The topological polar surface area (TPSA) is 109 Å². The Balaban J connectivity index is 2.02. The number of methoxy groups -OCH3 is 1. The summed E-state index contributed by atoms with van der Waals surface area (Å²) >= 11 is 0. The van der Waals surface area contributed by atoms with Gasteiger partial charge in [-0.2, -0.15) is 0 Å². The van der Waals surface area contributed by atoms with Crippen molar-refractivity contribution < 1.29 is 13.2 Å². The molecule has 2 aromatic carbocycles. The summed E-state index contributed by atoms with van der Waals surface area (Å²) in [5, 5.41) is 0.198. The predicted octanol–water partition coefficient (Wildman–Crippen LogP) is 0.133. The van der Waals surface area contributed by atoms with E-state index in [4.69, 9.17) is 4.74 Å². The van der Waals surface area contributed by atoms with E-state index in [1.165, 1.54) is 18.2 Å². The second-order valence-electron chi connectivity index (χ2n) is 6.14. The van der Waals surface area contributed by atoms with Crippen molar-refractivity contribution in [2.45, 2.75) is 4.90 Å². The van der Waals surface area contributed by atoms with E-state index in [1.54, 1.807) is 49.6 Å². The number of nitrogens with one attached hydrogen (secondary N) is 2. The van der Waals surface area contributed by atoms with Crippen LogP contribution in [-0.4, -0.2) is 31.8 Å². The van der Waals surface area contributed by atoms with Crippen LogP contribution in [0.25, 0.3) is 12.2 Å². The Morgan fingerprint density at radius 3 is 1.61 bits per heavy atom. The molecule has 2 N–H and O–H groups in total. The highest BCUT2D eigenvalue weighted by Crippen LogP contribution is 2.11. The van der Waals surface area contributed by atoms with E-state index in [0.29, 0.717) is 11.3 Å². The summed E-state index contributed by atoms with van der Waals surface area (Å²) in [6, 6.07) is 13.0. The summed E-state index contributed by atoms with van der Waals surface area (Å²) < 4.78 is 28.1. The zero-order valence-electron chi connectivity index (χ0n) is 15.2. The summed E-state index contributed by atoms with van der Waals surface area (Å²) in [5.41, 5.74) is 0.399. The van der Waals surface area contributed by atoms with E-state index in [9.17, 15) is 18.0 Å². The fourth-order valence-electron chi connectivity index (χ4n) is 2.54.